The van der Waals surface area contributed by atoms with E-state index in [9.17, 15) is 0 Å². The molecule has 0 atom stereocenters. The molecule has 3 nitrogen and oxygen atoms in total. The van der Waals surface area contributed by atoms with Crippen molar-refractivity contribution in [1.82, 2.24) is 0 Å². The Morgan fingerprint density at radius 2 is 0.611 bits per heavy atom. The maximum absolute atomic E-state index is 6.75. The van der Waals surface area contributed by atoms with E-state index in [2.05, 4.69) is 169 Å². The van der Waals surface area contributed by atoms with Gasteiger partial charge in [0.05, 0.1) is 19.8 Å². The summed E-state index contributed by atoms with van der Waals surface area (Å²) in [6, 6.07) is 0. The largest absolute Gasteiger partial charge is 0.412 e. The zero-order valence-corrected chi connectivity index (χ0v) is 35.0. The fourth-order valence-electron chi connectivity index (χ4n) is 2.62. The monoisotopic (exact) mass is 888 g/mol. The van der Waals surface area contributed by atoms with Crippen molar-refractivity contribution < 1.29 is 13.3 Å². The molecule has 36 heavy (non-hydrogen) atoms. The topological polar surface area (TPSA) is 27.7 Å². The molecule has 210 valence electrons. The minimum atomic E-state index is -1.89. The van der Waals surface area contributed by atoms with Gasteiger partial charge in [-0.2, -0.15) is 0 Å². The Morgan fingerprint density at radius 1 is 0.444 bits per heavy atom. The van der Waals surface area contributed by atoms with Gasteiger partial charge in [-0.05, 0) is 122 Å². The van der Waals surface area contributed by atoms with Gasteiger partial charge in [0, 0.05) is 27.4 Å². The molecule has 0 bridgehead atoms. The van der Waals surface area contributed by atoms with Crippen molar-refractivity contribution in [3.63, 3.8) is 0 Å². The summed E-state index contributed by atoms with van der Waals surface area (Å²) < 4.78 is 24.1. The summed E-state index contributed by atoms with van der Waals surface area (Å²) in [7, 11) is -5.66. The van der Waals surface area contributed by atoms with E-state index in [1.54, 1.807) is 0 Å². The molecular formula is C27H51I3O3Si3. The highest BCUT2D eigenvalue weighted by molar-refractivity contribution is 14.1. The van der Waals surface area contributed by atoms with Gasteiger partial charge in [-0.3, -0.25) is 0 Å². The van der Waals surface area contributed by atoms with Gasteiger partial charge in [0.1, 0.15) is 0 Å². The summed E-state index contributed by atoms with van der Waals surface area (Å²) in [6.07, 6.45) is 0. The van der Waals surface area contributed by atoms with Crippen LogP contribution in [0, 0.1) is 10.7 Å². The highest BCUT2D eigenvalue weighted by Gasteiger charge is 2.40. The Hall–Kier alpha value is 1.94. The van der Waals surface area contributed by atoms with Gasteiger partial charge < -0.3 is 13.3 Å². The molecule has 0 saturated heterocycles. The van der Waals surface area contributed by atoms with Crippen LogP contribution in [0.5, 0.6) is 0 Å². The van der Waals surface area contributed by atoms with Crippen molar-refractivity contribution in [3.05, 3.63) is 27.4 Å². The second kappa shape index (κ2) is 12.4. The lowest BCUT2D eigenvalue weighted by atomic mass is 10.1. The summed E-state index contributed by atoms with van der Waals surface area (Å²) >= 11 is 7.62. The molecule has 0 radical (unpaired) electrons. The molecule has 1 aromatic carbocycles. The van der Waals surface area contributed by atoms with Crippen LogP contribution >= 0.6 is 67.8 Å². The highest BCUT2D eigenvalue weighted by atomic mass is 127. The van der Waals surface area contributed by atoms with Gasteiger partial charge in [0.15, 0.2) is 25.0 Å². The van der Waals surface area contributed by atoms with Crippen molar-refractivity contribution in [2.75, 3.05) is 0 Å². The molecule has 0 saturated carbocycles. The van der Waals surface area contributed by atoms with Gasteiger partial charge in [0.25, 0.3) is 0 Å². The number of halogens is 3. The number of hydrogen-bond donors (Lipinski definition) is 0. The molecular weight excluding hydrogens is 837 g/mol. The lowest BCUT2D eigenvalue weighted by Gasteiger charge is -2.38. The van der Waals surface area contributed by atoms with Crippen LogP contribution in [0.25, 0.3) is 0 Å². The Morgan fingerprint density at radius 3 is 0.750 bits per heavy atom. The van der Waals surface area contributed by atoms with Crippen molar-refractivity contribution in [2.45, 2.75) is 137 Å². The van der Waals surface area contributed by atoms with Crippen LogP contribution in [0.15, 0.2) is 0 Å². The summed E-state index contributed by atoms with van der Waals surface area (Å²) in [5, 5.41) is 0.529. The molecule has 0 N–H and O–H groups in total. The molecule has 1 rings (SSSR count). The van der Waals surface area contributed by atoms with Crippen molar-refractivity contribution in [2.24, 2.45) is 0 Å². The first kappa shape index (κ1) is 36.0. The van der Waals surface area contributed by atoms with Crippen molar-refractivity contribution in [1.29, 1.82) is 0 Å². The lowest BCUT2D eigenvalue weighted by Crippen LogP contribution is -2.41. The van der Waals surface area contributed by atoms with E-state index >= 15 is 0 Å². The maximum Gasteiger partial charge on any atom is 0.192 e. The van der Waals surface area contributed by atoms with E-state index in [4.69, 9.17) is 13.3 Å². The molecule has 0 aliphatic carbocycles. The van der Waals surface area contributed by atoms with E-state index in [0.29, 0.717) is 19.8 Å². The van der Waals surface area contributed by atoms with Gasteiger partial charge in [0.2, 0.25) is 0 Å². The molecule has 0 fully saturated rings. The number of benzene rings is 1. The Kier molecular flexibility index (Phi) is 12.4. The Labute approximate surface area is 267 Å². The van der Waals surface area contributed by atoms with Crippen LogP contribution in [0.4, 0.5) is 0 Å². The highest BCUT2D eigenvalue weighted by Crippen LogP contribution is 2.42. The van der Waals surface area contributed by atoms with Gasteiger partial charge in [-0.25, -0.2) is 0 Å². The molecule has 0 amide bonds. The summed E-state index contributed by atoms with van der Waals surface area (Å²) in [5.41, 5.74) is 3.89. The lowest BCUT2D eigenvalue weighted by molar-refractivity contribution is 0.261. The molecule has 0 unspecified atom stereocenters. The van der Waals surface area contributed by atoms with E-state index in [1.165, 1.54) is 27.4 Å². The second-order valence-electron chi connectivity index (χ2n) is 14.5. The minimum Gasteiger partial charge on any atom is -0.412 e. The quantitative estimate of drug-likeness (QED) is 0.183. The second-order valence-corrected chi connectivity index (χ2v) is 32.2. The molecule has 0 aliphatic rings. The molecule has 0 aromatic heterocycles. The van der Waals surface area contributed by atoms with Crippen LogP contribution in [-0.2, 0) is 33.1 Å². The smallest absolute Gasteiger partial charge is 0.192 e. The normalized spacial score (nSPS) is 14.5. The Bertz CT molecular complexity index is 785. The molecule has 0 aliphatic heterocycles. The third kappa shape index (κ3) is 8.72. The van der Waals surface area contributed by atoms with Gasteiger partial charge in [-0.1, -0.05) is 62.3 Å². The van der Waals surface area contributed by atoms with Crippen LogP contribution in [0.3, 0.4) is 0 Å². The first-order chi connectivity index (χ1) is 15.8. The minimum absolute atomic E-state index is 0.176. The SMILES string of the molecule is CC(C)(C)[Si](C)(C)OCc1c(I)c(CO[Si](C)(C)C(C)(C)C)c(I)c(CO[Si](C)(C)C(C)(C)C)c1I. The van der Waals surface area contributed by atoms with Crippen molar-refractivity contribution in [3.8, 4) is 0 Å². The number of rotatable bonds is 9. The average molecular weight is 889 g/mol. The van der Waals surface area contributed by atoms with E-state index in [-0.39, 0.29) is 15.1 Å². The summed E-state index contributed by atoms with van der Waals surface area (Å²) in [5.74, 6) is 0. The third-order valence-corrected chi connectivity index (χ3v) is 26.1. The average Bonchev–Trinajstić information content (AvgIpc) is 2.64. The predicted molar refractivity (Wildman–Crippen MR) is 191 cm³/mol. The zero-order chi connectivity index (χ0) is 28.7. The van der Waals surface area contributed by atoms with Crippen molar-refractivity contribution >= 4 is 92.7 Å². The van der Waals surface area contributed by atoms with Crippen LogP contribution in [0.1, 0.15) is 79.0 Å². The summed E-state index contributed by atoms with van der Waals surface area (Å²) in [6.45, 7) is 36.7. The van der Waals surface area contributed by atoms with Gasteiger partial charge >= 0.3 is 0 Å². The van der Waals surface area contributed by atoms with E-state index in [1.807, 2.05) is 0 Å². The van der Waals surface area contributed by atoms with Crippen LogP contribution < -0.4 is 0 Å². The zero-order valence-electron chi connectivity index (χ0n) is 25.5. The fraction of sp³-hybridized carbons (Fsp3) is 0.778. The maximum atomic E-state index is 6.75. The van der Waals surface area contributed by atoms with Crippen LogP contribution in [0.2, 0.25) is 54.4 Å². The fourth-order valence-corrected chi connectivity index (χ4v) is 9.54. The summed E-state index contributed by atoms with van der Waals surface area (Å²) in [4.78, 5) is 0. The Balaban J connectivity index is 3.57. The molecule has 9 heteroatoms. The number of hydrogen-bond acceptors (Lipinski definition) is 3. The van der Waals surface area contributed by atoms with E-state index in [0.717, 1.165) is 0 Å². The predicted octanol–water partition coefficient (Wildman–Crippen LogP) is 11.1. The molecule has 0 spiro atoms. The van der Waals surface area contributed by atoms with Gasteiger partial charge in [-0.15, -0.1) is 0 Å². The standard InChI is InChI=1S/C27H51I3O3Si3/c1-25(2,3)34(10,11)31-16-19-22(28)20(17-32-35(12,13)26(4,5)6)24(30)21(23(19)29)18-33-36(14,15)27(7,8)9/h16-18H2,1-15H3. The third-order valence-electron chi connectivity index (χ3n) is 8.74. The first-order valence-corrected chi connectivity index (χ1v) is 24.8. The molecule has 0 heterocycles. The molecule has 1 aromatic rings. The van der Waals surface area contributed by atoms with Crippen LogP contribution in [-0.4, -0.2) is 25.0 Å². The first-order valence-electron chi connectivity index (χ1n) is 12.9. The van der Waals surface area contributed by atoms with E-state index < -0.39 is 25.0 Å².